The smallest absolute Gasteiger partial charge is 0.396 e. The second-order valence-electron chi connectivity index (χ2n) is 24.5. The first kappa shape index (κ1) is 85.1. The summed E-state index contributed by atoms with van der Waals surface area (Å²) >= 11 is 0. The van der Waals surface area contributed by atoms with E-state index in [1.807, 2.05) is 0 Å². The van der Waals surface area contributed by atoms with E-state index in [1.54, 1.807) is 7.11 Å². The molecule has 1 unspecified atom stereocenters. The highest BCUT2D eigenvalue weighted by Gasteiger charge is 2.51. The van der Waals surface area contributed by atoms with E-state index in [2.05, 4.69) is 55.2 Å². The monoisotopic (exact) mass is 1310 g/mol. The molecule has 2 aliphatic heterocycles. The number of phosphoric ester groups is 1. The van der Waals surface area contributed by atoms with Gasteiger partial charge in [-0.25, -0.2) is 14.4 Å². The molecule has 0 bridgehead atoms. The summed E-state index contributed by atoms with van der Waals surface area (Å²) < 4.78 is 67.2. The predicted molar refractivity (Wildman–Crippen MR) is 347 cm³/mol. The summed E-state index contributed by atoms with van der Waals surface area (Å²) in [5.74, 6) is -1.34. The number of aliphatic hydroxyl groups is 3. The maximum absolute atomic E-state index is 13.9. The fourth-order valence-electron chi connectivity index (χ4n) is 11.5. The van der Waals surface area contributed by atoms with Crippen LogP contribution in [0.4, 0.5) is 0 Å². The van der Waals surface area contributed by atoms with Gasteiger partial charge in [0.1, 0.15) is 48.4 Å². The molecule has 0 saturated carbocycles. The van der Waals surface area contributed by atoms with Crippen LogP contribution >= 0.6 is 16.5 Å². The fourth-order valence-corrected chi connectivity index (χ4v) is 11.9. The molecule has 2 heterocycles. The molecule has 0 aromatic carbocycles. The topological polar surface area (TPSA) is 305 Å². The number of ketones is 1. The highest BCUT2D eigenvalue weighted by atomic mass is 31.2. The number of amides is 2. The summed E-state index contributed by atoms with van der Waals surface area (Å²) in [5, 5.41) is 47.0. The molecule has 8 N–H and O–H groups in total. The van der Waals surface area contributed by atoms with Gasteiger partial charge in [0.25, 0.3) is 0 Å². The van der Waals surface area contributed by atoms with Gasteiger partial charge < -0.3 is 64.2 Å². The molecule has 0 aliphatic carbocycles. The largest absolute Gasteiger partial charge is 0.472 e. The standard InChI is InChI=1S/C66H125N2O16P.HO3P/c1-6-10-14-18-21-24-25-26-27-28-29-31-33-37-41-45-57(71)67-59-63(80-50-47-54(78-5)44-40-35-17-13-9-4)61(73)55(46-48-69)82-65(59)81-52-56-62(74)64(79-49-42-38-34-23-20-16-12-8-3)60(66(83-56)84-85(75,76)77)68-58(72)51-53(70)43-39-36-32-30-22-19-15-11-7-2;1-3-4-2/h24-25,54-56,59-66,69,73-74H,6-23,26-52H2,1-5H3,(H,67,71)(H,68,72)(H2,75,76,77);1H/b25-24-;/t54-,55-,56?,59-,60-,61-,62-,63-,64-,65-,66-;/m1./s1. The SMILES string of the molecule is CCCCCC/C=C\CCCCCCCCCC(=O)N[C@H]1[C@H](OCC2O[C@H](OP(=O)(O)O)[C@H](NC(=O)CC(=O)CCCCCCCCCCC)[C@@H](OCCCCCCCCCC)[C@@H]2O)O[C@H](CCO)[C@@H](O)[C@@H]1OCC[C@@H](CCCCCCC)OC.O=POO. The van der Waals surface area contributed by atoms with Crippen molar-refractivity contribution in [3.63, 3.8) is 0 Å². The lowest BCUT2D eigenvalue weighted by molar-refractivity contribution is -0.300. The van der Waals surface area contributed by atoms with Crippen LogP contribution in [-0.4, -0.2) is 149 Å². The van der Waals surface area contributed by atoms with Crippen molar-refractivity contribution in [2.24, 2.45) is 0 Å². The Hall–Kier alpha value is -1.88. The summed E-state index contributed by atoms with van der Waals surface area (Å²) in [6.07, 6.45) is 32.4. The van der Waals surface area contributed by atoms with Crippen molar-refractivity contribution in [1.29, 1.82) is 0 Å². The number of rotatable bonds is 58. The highest BCUT2D eigenvalue weighted by molar-refractivity contribution is 7.46. The third-order valence-electron chi connectivity index (χ3n) is 16.7. The maximum atomic E-state index is 13.9. The van der Waals surface area contributed by atoms with Crippen molar-refractivity contribution in [1.82, 2.24) is 10.6 Å². The number of unbranched alkanes of at least 4 members (excludes halogenated alkanes) is 30. The maximum Gasteiger partial charge on any atom is 0.472 e. The van der Waals surface area contributed by atoms with Gasteiger partial charge in [-0.3, -0.25) is 18.9 Å². The van der Waals surface area contributed by atoms with Crippen LogP contribution in [0, 0.1) is 0 Å². The average molecular weight is 1310 g/mol. The minimum atomic E-state index is -5.34. The van der Waals surface area contributed by atoms with Crippen LogP contribution in [0.5, 0.6) is 0 Å². The van der Waals surface area contributed by atoms with Gasteiger partial charge >= 0.3 is 16.5 Å². The van der Waals surface area contributed by atoms with E-state index in [0.717, 1.165) is 135 Å². The van der Waals surface area contributed by atoms with Crippen LogP contribution in [0.15, 0.2) is 12.2 Å². The Morgan fingerprint density at radius 1 is 0.551 bits per heavy atom. The van der Waals surface area contributed by atoms with Gasteiger partial charge in [0.2, 0.25) is 11.8 Å². The van der Waals surface area contributed by atoms with Crippen LogP contribution < -0.4 is 10.6 Å². The molecule has 2 rings (SSSR count). The molecule has 23 heteroatoms. The van der Waals surface area contributed by atoms with Crippen molar-refractivity contribution in [3.8, 4) is 0 Å². The number of Topliss-reactive ketones (excluding diaryl/α,β-unsaturated/α-hetero) is 1. The molecule has 2 fully saturated rings. The normalized spacial score (nSPS) is 22.5. The number of hydrogen-bond acceptors (Lipinski definition) is 17. The quantitative estimate of drug-likeness (QED) is 0.00701. The second kappa shape index (κ2) is 57.6. The highest BCUT2D eigenvalue weighted by Crippen LogP contribution is 2.41. The molecule has 2 saturated heterocycles. The van der Waals surface area contributed by atoms with Gasteiger partial charge in [-0.05, 0) is 64.2 Å². The van der Waals surface area contributed by atoms with Crippen LogP contribution in [0.2, 0.25) is 0 Å². The van der Waals surface area contributed by atoms with Gasteiger partial charge in [0, 0.05) is 39.8 Å². The summed E-state index contributed by atoms with van der Waals surface area (Å²) in [6.45, 7) is 8.19. The van der Waals surface area contributed by atoms with Gasteiger partial charge in [-0.15, -0.1) is 4.67 Å². The van der Waals surface area contributed by atoms with Crippen LogP contribution in [0.3, 0.4) is 0 Å². The number of nitrogens with one attached hydrogen (secondary N) is 2. The lowest BCUT2D eigenvalue weighted by Crippen LogP contribution is -2.67. The van der Waals surface area contributed by atoms with Crippen LogP contribution in [0.25, 0.3) is 0 Å². The first-order valence-electron chi connectivity index (χ1n) is 34.9. The van der Waals surface area contributed by atoms with E-state index in [0.29, 0.717) is 25.7 Å². The summed E-state index contributed by atoms with van der Waals surface area (Å²) in [5.41, 5.74) is 0. The van der Waals surface area contributed by atoms with E-state index >= 15 is 0 Å². The van der Waals surface area contributed by atoms with Gasteiger partial charge in [0.05, 0.1) is 25.2 Å². The number of ether oxygens (including phenoxy) is 6. The van der Waals surface area contributed by atoms with E-state index in [-0.39, 0.29) is 56.9 Å². The van der Waals surface area contributed by atoms with E-state index in [1.165, 1.54) is 77.0 Å². The fraction of sp³-hybridized carbons (Fsp3) is 0.924. The zero-order chi connectivity index (χ0) is 65.6. The van der Waals surface area contributed by atoms with E-state index < -0.39 is 96.7 Å². The molecular formula is C66H126N2O19P2. The van der Waals surface area contributed by atoms with Crippen molar-refractivity contribution < 1.29 is 91.5 Å². The number of carbonyl (C=O) groups excluding carboxylic acids is 3. The predicted octanol–water partition coefficient (Wildman–Crippen LogP) is 13.9. The van der Waals surface area contributed by atoms with E-state index in [4.69, 9.17) is 42.8 Å². The molecule has 89 heavy (non-hydrogen) atoms. The van der Waals surface area contributed by atoms with E-state index in [9.17, 15) is 44.1 Å². The molecule has 524 valence electrons. The molecule has 0 spiro atoms. The number of carbonyl (C=O) groups is 3. The summed E-state index contributed by atoms with van der Waals surface area (Å²) in [7, 11) is -4.36. The number of methoxy groups -OCH3 is 1. The molecule has 2 aliphatic rings. The minimum Gasteiger partial charge on any atom is -0.396 e. The second-order valence-corrected chi connectivity index (χ2v) is 26.0. The lowest BCUT2D eigenvalue weighted by atomic mass is 9.94. The first-order valence-corrected chi connectivity index (χ1v) is 37.2. The molecule has 0 radical (unpaired) electrons. The zero-order valence-electron chi connectivity index (χ0n) is 55.7. The Morgan fingerprint density at radius 2 is 0.978 bits per heavy atom. The number of phosphoric acid groups is 1. The Kier molecular flexibility index (Phi) is 55.1. The zero-order valence-corrected chi connectivity index (χ0v) is 57.5. The Bertz CT molecular complexity index is 1790. The van der Waals surface area contributed by atoms with Gasteiger partial charge in [-0.1, -0.05) is 220 Å². The first-order chi connectivity index (χ1) is 43.1. The van der Waals surface area contributed by atoms with Crippen LogP contribution in [0.1, 0.15) is 291 Å². The van der Waals surface area contributed by atoms with Crippen LogP contribution in [-0.2, 0) is 61.1 Å². The van der Waals surface area contributed by atoms with Crippen molar-refractivity contribution in [2.75, 3.05) is 33.5 Å². The Balaban J connectivity index is 0.00000958. The van der Waals surface area contributed by atoms with Gasteiger partial charge in [-0.2, -0.15) is 0 Å². The summed E-state index contributed by atoms with van der Waals surface area (Å²) in [6, 6.07) is -2.57. The molecule has 2 amide bonds. The Labute approximate surface area is 538 Å². The van der Waals surface area contributed by atoms with Crippen molar-refractivity contribution >= 4 is 34.1 Å². The molecule has 21 nitrogen and oxygen atoms in total. The average Bonchev–Trinajstić information content (AvgIpc) is 1.02. The molecule has 0 aromatic rings. The lowest BCUT2D eigenvalue weighted by Gasteiger charge is -2.47. The van der Waals surface area contributed by atoms with Crippen molar-refractivity contribution in [2.45, 2.75) is 358 Å². The minimum absolute atomic E-state index is 0.00564. The summed E-state index contributed by atoms with van der Waals surface area (Å²) in [4.78, 5) is 61.1. The number of hydrogen-bond donors (Lipinski definition) is 8. The number of allylic oxidation sites excluding steroid dienone is 2. The third-order valence-corrected chi connectivity index (χ3v) is 17.3. The number of aliphatic hydroxyl groups excluding tert-OH is 3. The Morgan fingerprint density at radius 3 is 1.48 bits per heavy atom. The third kappa shape index (κ3) is 43.7. The molecule has 11 atom stereocenters. The molecular weight excluding hydrogens is 1190 g/mol. The van der Waals surface area contributed by atoms with Gasteiger partial charge in [0.15, 0.2) is 12.6 Å². The van der Waals surface area contributed by atoms with Crippen molar-refractivity contribution in [3.05, 3.63) is 12.2 Å². The molecule has 0 aromatic heterocycles.